The fourth-order valence-electron chi connectivity index (χ4n) is 1.97. The zero-order chi connectivity index (χ0) is 17.9. The molecule has 0 saturated heterocycles. The number of hydrogen-bond acceptors (Lipinski definition) is 8. The van der Waals surface area contributed by atoms with Crippen molar-refractivity contribution in [2.24, 2.45) is 0 Å². The number of benzene rings is 1. The van der Waals surface area contributed by atoms with Gasteiger partial charge in [-0.15, -0.1) is 5.10 Å². The number of rotatable bonds is 6. The van der Waals surface area contributed by atoms with Gasteiger partial charge in [-0.05, 0) is 19.1 Å². The quantitative estimate of drug-likeness (QED) is 0.703. The second-order valence-corrected chi connectivity index (χ2v) is 7.33. The molecule has 0 atom stereocenters. The van der Waals surface area contributed by atoms with Crippen LogP contribution in [0.1, 0.15) is 12.0 Å². The topological polar surface area (TPSA) is 128 Å². The summed E-state index contributed by atoms with van der Waals surface area (Å²) in [4.78, 5) is 12.1. The number of aromatic nitrogens is 3. The molecule has 1 amide bonds. The van der Waals surface area contributed by atoms with Gasteiger partial charge in [-0.2, -0.15) is 0 Å². The summed E-state index contributed by atoms with van der Waals surface area (Å²) < 4.78 is 34.5. The van der Waals surface area contributed by atoms with Crippen LogP contribution in [0.3, 0.4) is 0 Å². The molecule has 0 fully saturated rings. The van der Waals surface area contributed by atoms with E-state index in [2.05, 4.69) is 20.7 Å². The maximum absolute atomic E-state index is 12.2. The number of sulfone groups is 1. The van der Waals surface area contributed by atoms with Crippen molar-refractivity contribution in [2.45, 2.75) is 18.2 Å². The van der Waals surface area contributed by atoms with E-state index >= 15 is 0 Å². The van der Waals surface area contributed by atoms with Crippen molar-refractivity contribution >= 4 is 21.8 Å². The molecular formula is C15H14N4O5S. The minimum Gasteiger partial charge on any atom is -0.400 e. The summed E-state index contributed by atoms with van der Waals surface area (Å²) in [5.41, 5.74) is 0.954. The van der Waals surface area contributed by atoms with Crippen molar-refractivity contribution in [1.82, 2.24) is 15.4 Å². The number of nitrogens with one attached hydrogen (secondary N) is 1. The van der Waals surface area contributed by atoms with Crippen LogP contribution >= 0.6 is 0 Å². The summed E-state index contributed by atoms with van der Waals surface area (Å²) in [6.07, 6.45) is 1.17. The van der Waals surface area contributed by atoms with Gasteiger partial charge < -0.3 is 8.94 Å². The Balaban J connectivity index is 1.58. The van der Waals surface area contributed by atoms with Crippen LogP contribution in [0.5, 0.6) is 0 Å². The number of carbonyl (C=O) groups is 1. The molecular weight excluding hydrogens is 348 g/mol. The lowest BCUT2D eigenvalue weighted by Gasteiger charge is -2.04. The van der Waals surface area contributed by atoms with Gasteiger partial charge in [0.15, 0.2) is 9.84 Å². The zero-order valence-corrected chi connectivity index (χ0v) is 14.0. The molecule has 1 N–H and O–H groups in total. The van der Waals surface area contributed by atoms with Gasteiger partial charge in [0.2, 0.25) is 11.7 Å². The maximum Gasteiger partial charge on any atom is 0.322 e. The van der Waals surface area contributed by atoms with Gasteiger partial charge in [0.25, 0.3) is 5.89 Å². The normalized spacial score (nSPS) is 11.4. The van der Waals surface area contributed by atoms with E-state index in [4.69, 9.17) is 8.94 Å². The first-order valence-electron chi connectivity index (χ1n) is 7.28. The third-order valence-electron chi connectivity index (χ3n) is 3.30. The Kier molecular flexibility index (Phi) is 4.61. The van der Waals surface area contributed by atoms with E-state index in [9.17, 15) is 13.2 Å². The molecule has 3 aromatic rings. The Morgan fingerprint density at radius 1 is 1.16 bits per heavy atom. The molecule has 130 valence electrons. The summed E-state index contributed by atoms with van der Waals surface area (Å²) in [5.74, 6) is -0.566. The summed E-state index contributed by atoms with van der Waals surface area (Å²) in [7, 11) is -3.55. The molecule has 9 nitrogen and oxygen atoms in total. The molecule has 0 aliphatic carbocycles. The molecule has 0 aliphatic heterocycles. The minimum absolute atomic E-state index is 0.0556. The molecule has 1 aromatic carbocycles. The second-order valence-electron chi connectivity index (χ2n) is 5.22. The first-order chi connectivity index (χ1) is 11.9. The highest BCUT2D eigenvalue weighted by molar-refractivity contribution is 7.91. The van der Waals surface area contributed by atoms with Crippen LogP contribution in [0.2, 0.25) is 0 Å². The van der Waals surface area contributed by atoms with Gasteiger partial charge in [0, 0.05) is 12.5 Å². The molecule has 0 spiro atoms. The van der Waals surface area contributed by atoms with Crippen molar-refractivity contribution in [2.75, 3.05) is 11.1 Å². The molecule has 2 heterocycles. The fraction of sp³-hybridized carbons (Fsp3) is 0.200. The molecule has 25 heavy (non-hydrogen) atoms. The number of carbonyl (C=O) groups excluding carboxylic acids is 1. The number of amides is 1. The van der Waals surface area contributed by atoms with Crippen molar-refractivity contribution < 1.29 is 22.2 Å². The second kappa shape index (κ2) is 6.85. The highest BCUT2D eigenvalue weighted by atomic mass is 32.2. The average Bonchev–Trinajstić information content (AvgIpc) is 3.25. The molecule has 0 bridgehead atoms. The maximum atomic E-state index is 12.2. The van der Waals surface area contributed by atoms with Crippen LogP contribution in [0.4, 0.5) is 6.01 Å². The Morgan fingerprint density at radius 3 is 2.60 bits per heavy atom. The van der Waals surface area contributed by atoms with Crippen LogP contribution in [0.25, 0.3) is 11.7 Å². The predicted octanol–water partition coefficient (Wildman–Crippen LogP) is 1.84. The summed E-state index contributed by atoms with van der Waals surface area (Å²) in [5, 5.41) is 13.2. The minimum atomic E-state index is -3.55. The molecule has 2 aromatic heterocycles. The highest BCUT2D eigenvalue weighted by Crippen LogP contribution is 2.19. The van der Waals surface area contributed by atoms with Gasteiger partial charge in [-0.25, -0.2) is 8.42 Å². The number of anilines is 1. The standard InChI is InChI=1S/C15H14N4O5S/c1-10-2-4-11(5-3-10)25(21,22)9-7-13(20)17-15-19-18-14(23-15)12-6-8-16-24-12/h2-6,8H,7,9H2,1H3,(H,17,19,20). The number of hydrogen-bond donors (Lipinski definition) is 1. The van der Waals surface area contributed by atoms with E-state index in [1.54, 1.807) is 12.1 Å². The summed E-state index contributed by atoms with van der Waals surface area (Å²) >= 11 is 0. The van der Waals surface area contributed by atoms with E-state index in [1.807, 2.05) is 6.92 Å². The van der Waals surface area contributed by atoms with Crippen LogP contribution < -0.4 is 5.32 Å². The Labute approximate surface area is 143 Å². The predicted molar refractivity (Wildman–Crippen MR) is 86.3 cm³/mol. The summed E-state index contributed by atoms with van der Waals surface area (Å²) in [6.45, 7) is 1.86. The van der Waals surface area contributed by atoms with Gasteiger partial charge in [-0.3, -0.25) is 10.1 Å². The number of nitrogens with zero attached hydrogens (tertiary/aromatic N) is 3. The fourth-order valence-corrected chi connectivity index (χ4v) is 3.21. The van der Waals surface area contributed by atoms with E-state index in [0.29, 0.717) is 0 Å². The lowest BCUT2D eigenvalue weighted by Crippen LogP contribution is -2.17. The van der Waals surface area contributed by atoms with Gasteiger partial charge in [-0.1, -0.05) is 28.0 Å². The van der Waals surface area contributed by atoms with Crippen molar-refractivity contribution in [3.63, 3.8) is 0 Å². The van der Waals surface area contributed by atoms with Crippen molar-refractivity contribution in [3.8, 4) is 11.7 Å². The molecule has 0 saturated carbocycles. The van der Waals surface area contributed by atoms with E-state index in [-0.39, 0.29) is 34.7 Å². The van der Waals surface area contributed by atoms with Crippen LogP contribution in [-0.4, -0.2) is 35.4 Å². The smallest absolute Gasteiger partial charge is 0.322 e. The van der Waals surface area contributed by atoms with Gasteiger partial charge in [0.05, 0.1) is 16.8 Å². The number of aryl methyl sites for hydroxylation is 1. The van der Waals surface area contributed by atoms with E-state index < -0.39 is 15.7 Å². The van der Waals surface area contributed by atoms with Crippen LogP contribution in [0.15, 0.2) is 50.4 Å². The van der Waals surface area contributed by atoms with E-state index in [1.165, 1.54) is 24.4 Å². The largest absolute Gasteiger partial charge is 0.400 e. The lowest BCUT2D eigenvalue weighted by atomic mass is 10.2. The molecule has 0 aliphatic rings. The third kappa shape index (κ3) is 4.10. The van der Waals surface area contributed by atoms with Gasteiger partial charge >= 0.3 is 6.01 Å². The Hall–Kier alpha value is -3.01. The van der Waals surface area contributed by atoms with Crippen molar-refractivity contribution in [1.29, 1.82) is 0 Å². The zero-order valence-electron chi connectivity index (χ0n) is 13.2. The highest BCUT2D eigenvalue weighted by Gasteiger charge is 2.18. The first kappa shape index (κ1) is 16.8. The third-order valence-corrected chi connectivity index (χ3v) is 5.03. The van der Waals surface area contributed by atoms with Crippen molar-refractivity contribution in [3.05, 3.63) is 42.1 Å². The monoisotopic (exact) mass is 362 g/mol. The SMILES string of the molecule is Cc1ccc(S(=O)(=O)CCC(=O)Nc2nnc(-c3ccno3)o2)cc1. The van der Waals surface area contributed by atoms with E-state index in [0.717, 1.165) is 5.56 Å². The molecule has 0 radical (unpaired) electrons. The van der Waals surface area contributed by atoms with Crippen LogP contribution in [-0.2, 0) is 14.6 Å². The molecule has 10 heteroatoms. The Bertz CT molecular complexity index is 962. The lowest BCUT2D eigenvalue weighted by molar-refractivity contribution is -0.115. The molecule has 0 unspecified atom stereocenters. The average molecular weight is 362 g/mol. The van der Waals surface area contributed by atoms with Gasteiger partial charge in [0.1, 0.15) is 0 Å². The first-order valence-corrected chi connectivity index (χ1v) is 8.93. The Morgan fingerprint density at radius 2 is 1.92 bits per heavy atom. The summed E-state index contributed by atoms with van der Waals surface area (Å²) in [6, 6.07) is 7.82. The van der Waals surface area contributed by atoms with Crippen LogP contribution in [0, 0.1) is 6.92 Å². The molecule has 3 rings (SSSR count).